The van der Waals surface area contributed by atoms with Crippen LogP contribution in [0.15, 0.2) is 47.4 Å². The Bertz CT molecular complexity index is 973. The van der Waals surface area contributed by atoms with E-state index in [9.17, 15) is 18.0 Å². The number of carbonyl (C=O) groups is 2. The molecular weight excluding hydrogens is 374 g/mol. The summed E-state index contributed by atoms with van der Waals surface area (Å²) in [6.07, 6.45) is 0. The number of benzene rings is 2. The minimum absolute atomic E-state index is 0.0481. The van der Waals surface area contributed by atoms with Crippen molar-refractivity contribution in [3.05, 3.63) is 48.0 Å². The van der Waals surface area contributed by atoms with E-state index in [0.29, 0.717) is 17.2 Å². The number of fused-ring (bicyclic) bond motifs is 1. The third-order valence-corrected chi connectivity index (χ3v) is 4.97. The van der Waals surface area contributed by atoms with Gasteiger partial charge in [0.25, 0.3) is 10.0 Å². The number of hydrogen-bond acceptors (Lipinski definition) is 6. The summed E-state index contributed by atoms with van der Waals surface area (Å²) in [5, 5.41) is 4.76. The molecule has 0 unspecified atom stereocenters. The monoisotopic (exact) mass is 391 g/mol. The normalized spacial score (nSPS) is 12.3. The maximum absolute atomic E-state index is 12.1. The quantitative estimate of drug-likeness (QED) is 0.707. The molecule has 2 aromatic carbocycles. The van der Waals surface area contributed by atoms with Crippen LogP contribution in [0, 0.1) is 6.92 Å². The van der Waals surface area contributed by atoms with E-state index in [2.05, 4.69) is 10.6 Å². The molecule has 1 aliphatic heterocycles. The van der Waals surface area contributed by atoms with Crippen LogP contribution in [0.1, 0.15) is 5.56 Å². The van der Waals surface area contributed by atoms with Crippen molar-refractivity contribution in [1.82, 2.24) is 10.0 Å². The third-order valence-electron chi connectivity index (χ3n) is 3.62. The van der Waals surface area contributed by atoms with Crippen LogP contribution < -0.4 is 24.8 Å². The predicted octanol–water partition coefficient (Wildman–Crippen LogP) is 1.35. The van der Waals surface area contributed by atoms with Crippen molar-refractivity contribution in [2.45, 2.75) is 11.8 Å². The first-order chi connectivity index (χ1) is 12.8. The van der Waals surface area contributed by atoms with Gasteiger partial charge in [-0.1, -0.05) is 17.7 Å². The number of sulfonamides is 1. The van der Waals surface area contributed by atoms with Gasteiger partial charge in [0.1, 0.15) is 0 Å². The first-order valence-corrected chi connectivity index (χ1v) is 9.39. The van der Waals surface area contributed by atoms with Crippen molar-refractivity contribution in [2.24, 2.45) is 0 Å². The van der Waals surface area contributed by atoms with Gasteiger partial charge in [-0.2, -0.15) is 0 Å². The molecule has 0 aromatic heterocycles. The van der Waals surface area contributed by atoms with E-state index in [1.807, 2.05) is 11.6 Å². The van der Waals surface area contributed by atoms with Gasteiger partial charge in [0.05, 0.1) is 11.4 Å². The lowest BCUT2D eigenvalue weighted by atomic mass is 10.2. The van der Waals surface area contributed by atoms with Gasteiger partial charge in [-0.25, -0.2) is 17.9 Å². The molecule has 0 bridgehead atoms. The highest BCUT2D eigenvalue weighted by atomic mass is 32.2. The summed E-state index contributed by atoms with van der Waals surface area (Å²) in [6.45, 7) is 1.52. The van der Waals surface area contributed by atoms with E-state index >= 15 is 0 Å². The first-order valence-electron chi connectivity index (χ1n) is 7.90. The zero-order valence-electron chi connectivity index (χ0n) is 14.3. The van der Waals surface area contributed by atoms with E-state index in [0.717, 1.165) is 5.56 Å². The summed E-state index contributed by atoms with van der Waals surface area (Å²) in [4.78, 5) is 23.7. The van der Waals surface area contributed by atoms with E-state index in [-0.39, 0.29) is 11.7 Å². The summed E-state index contributed by atoms with van der Waals surface area (Å²) >= 11 is 0. The van der Waals surface area contributed by atoms with Gasteiger partial charge in [0.2, 0.25) is 12.7 Å². The molecule has 3 N–H and O–H groups in total. The molecule has 0 aliphatic carbocycles. The van der Waals surface area contributed by atoms with Gasteiger partial charge in [-0.15, -0.1) is 0 Å². The molecule has 10 heteroatoms. The van der Waals surface area contributed by atoms with E-state index in [4.69, 9.17) is 9.47 Å². The molecule has 0 radical (unpaired) electrons. The fraction of sp³-hybridized carbons (Fsp3) is 0.176. The summed E-state index contributed by atoms with van der Waals surface area (Å²) in [5.41, 5.74) is 1.34. The van der Waals surface area contributed by atoms with E-state index in [1.165, 1.54) is 12.1 Å². The maximum atomic E-state index is 12.1. The molecule has 9 nitrogen and oxygen atoms in total. The van der Waals surface area contributed by atoms with Crippen LogP contribution >= 0.6 is 0 Å². The van der Waals surface area contributed by atoms with Crippen LogP contribution in [0.25, 0.3) is 0 Å². The van der Waals surface area contributed by atoms with Crippen LogP contribution in [0.2, 0.25) is 0 Å². The molecule has 0 saturated carbocycles. The Hall–Kier alpha value is -3.27. The third kappa shape index (κ3) is 4.67. The van der Waals surface area contributed by atoms with E-state index in [1.54, 1.807) is 30.3 Å². The molecule has 27 heavy (non-hydrogen) atoms. The molecule has 0 saturated heterocycles. The van der Waals surface area contributed by atoms with Gasteiger partial charge in [0, 0.05) is 11.8 Å². The van der Waals surface area contributed by atoms with Gasteiger partial charge < -0.3 is 20.1 Å². The molecule has 0 atom stereocenters. The zero-order valence-corrected chi connectivity index (χ0v) is 15.1. The highest BCUT2D eigenvalue weighted by Crippen LogP contribution is 2.34. The average molecular weight is 391 g/mol. The predicted molar refractivity (Wildman–Crippen MR) is 96.1 cm³/mol. The van der Waals surface area contributed by atoms with Crippen molar-refractivity contribution in [1.29, 1.82) is 0 Å². The molecule has 1 aliphatic rings. The van der Waals surface area contributed by atoms with Crippen molar-refractivity contribution >= 4 is 27.6 Å². The fourth-order valence-electron chi connectivity index (χ4n) is 2.27. The highest BCUT2D eigenvalue weighted by Gasteiger charge is 2.18. The minimum Gasteiger partial charge on any atom is -0.454 e. The lowest BCUT2D eigenvalue weighted by Crippen LogP contribution is -2.42. The van der Waals surface area contributed by atoms with Gasteiger partial charge >= 0.3 is 6.03 Å². The minimum atomic E-state index is -4.01. The maximum Gasteiger partial charge on any atom is 0.329 e. The molecule has 3 amide bonds. The van der Waals surface area contributed by atoms with Gasteiger partial charge in [-0.05, 0) is 31.2 Å². The molecule has 0 fully saturated rings. The number of urea groups is 1. The lowest BCUT2D eigenvalue weighted by Gasteiger charge is -2.09. The van der Waals surface area contributed by atoms with Gasteiger partial charge in [0.15, 0.2) is 11.5 Å². The fourth-order valence-corrected chi connectivity index (χ4v) is 3.20. The van der Waals surface area contributed by atoms with Crippen LogP contribution in [0.3, 0.4) is 0 Å². The molecule has 142 valence electrons. The topological polar surface area (TPSA) is 123 Å². The summed E-state index contributed by atoms with van der Waals surface area (Å²) in [5.74, 6) is 0.547. The van der Waals surface area contributed by atoms with Crippen molar-refractivity contribution < 1.29 is 27.5 Å². The Morgan fingerprint density at radius 2 is 1.74 bits per heavy atom. The summed E-state index contributed by atoms with van der Waals surface area (Å²) < 4.78 is 36.4. The Labute approximate surface area is 155 Å². The smallest absolute Gasteiger partial charge is 0.329 e. The van der Waals surface area contributed by atoms with Crippen molar-refractivity contribution in [3.8, 4) is 11.5 Å². The standard InChI is InChI=1S/C17H17N3O6S/c1-11-2-5-13(6-3-11)27(23,24)20-17(22)18-9-16(21)19-12-4-7-14-15(8-12)26-10-25-14/h2-8H,9-10H2,1H3,(H,19,21)(H2,18,20,22). The lowest BCUT2D eigenvalue weighted by molar-refractivity contribution is -0.115. The number of anilines is 1. The second kappa shape index (κ2) is 7.54. The second-order valence-corrected chi connectivity index (χ2v) is 7.40. The largest absolute Gasteiger partial charge is 0.454 e. The number of ether oxygens (including phenoxy) is 2. The van der Waals surface area contributed by atoms with Crippen molar-refractivity contribution in [2.75, 3.05) is 18.7 Å². The van der Waals surface area contributed by atoms with E-state index < -0.39 is 28.5 Å². The molecule has 0 spiro atoms. The molecule has 1 heterocycles. The van der Waals surface area contributed by atoms with Crippen molar-refractivity contribution in [3.63, 3.8) is 0 Å². The van der Waals surface area contributed by atoms with Crippen LogP contribution in [0.4, 0.5) is 10.5 Å². The van der Waals surface area contributed by atoms with Crippen LogP contribution in [-0.4, -0.2) is 33.7 Å². The summed E-state index contributed by atoms with van der Waals surface area (Å²) in [7, 11) is -4.01. The second-order valence-electron chi connectivity index (χ2n) is 5.72. The molecular formula is C17H17N3O6S. The summed E-state index contributed by atoms with van der Waals surface area (Å²) in [6, 6.07) is 9.85. The highest BCUT2D eigenvalue weighted by molar-refractivity contribution is 7.90. The average Bonchev–Trinajstić information content (AvgIpc) is 3.08. The molecule has 2 aromatic rings. The Balaban J connectivity index is 1.51. The number of carbonyl (C=O) groups excluding carboxylic acids is 2. The van der Waals surface area contributed by atoms with Crippen LogP contribution in [0.5, 0.6) is 11.5 Å². The number of hydrogen-bond donors (Lipinski definition) is 3. The Kier molecular flexibility index (Phi) is 5.17. The number of rotatable bonds is 5. The number of nitrogens with one attached hydrogen (secondary N) is 3. The van der Waals surface area contributed by atoms with Crippen LogP contribution in [-0.2, 0) is 14.8 Å². The first kappa shape index (κ1) is 18.5. The molecule has 3 rings (SSSR count). The zero-order chi connectivity index (χ0) is 19.4. The number of aryl methyl sites for hydroxylation is 1. The number of amides is 3. The van der Waals surface area contributed by atoms with Gasteiger partial charge in [-0.3, -0.25) is 4.79 Å². The Morgan fingerprint density at radius 1 is 1.04 bits per heavy atom. The Morgan fingerprint density at radius 3 is 2.48 bits per heavy atom. The SMILES string of the molecule is Cc1ccc(S(=O)(=O)NC(=O)NCC(=O)Nc2ccc3c(c2)OCO3)cc1.